The van der Waals surface area contributed by atoms with Crippen molar-refractivity contribution in [2.45, 2.75) is 0 Å². The van der Waals surface area contributed by atoms with Crippen LogP contribution in [0.4, 0.5) is 0 Å². The van der Waals surface area contributed by atoms with Crippen molar-refractivity contribution < 1.29 is 0 Å². The van der Waals surface area contributed by atoms with Crippen LogP contribution in [0, 0.1) is 0 Å². The maximum absolute atomic E-state index is 6.46. The predicted molar refractivity (Wildman–Crippen MR) is 179 cm³/mol. The third-order valence-corrected chi connectivity index (χ3v) is 8.18. The van der Waals surface area contributed by atoms with Crippen molar-refractivity contribution in [2.75, 3.05) is 0 Å². The first-order chi connectivity index (χ1) is 21.2. The number of nitrogens with zero attached hydrogens (tertiary/aromatic N) is 3. The van der Waals surface area contributed by atoms with Crippen molar-refractivity contribution >= 4 is 43.9 Å². The van der Waals surface area contributed by atoms with Gasteiger partial charge in [0.25, 0.3) is 0 Å². The molecule has 0 amide bonds. The number of aromatic nitrogens is 3. The summed E-state index contributed by atoms with van der Waals surface area (Å²) in [6.45, 7) is 0. The molecule has 0 aliphatic carbocycles. The standard InChI is InChI=1S/C39H24ClN3/c40-39-42-37(41-38(43-39)34-19-20-36-32(24-34)18-13-26-9-4-5-12-35(26)36)33-11-6-10-27(23-33)29-16-17-30-21-28(14-15-31(30)22-29)25-7-2-1-3-8-25/h1-24H. The van der Waals surface area contributed by atoms with Crippen molar-refractivity contribution in [3.05, 3.63) is 151 Å². The summed E-state index contributed by atoms with van der Waals surface area (Å²) in [7, 11) is 0. The highest BCUT2D eigenvalue weighted by atomic mass is 35.5. The van der Waals surface area contributed by atoms with E-state index < -0.39 is 0 Å². The molecule has 1 aromatic heterocycles. The van der Waals surface area contributed by atoms with Gasteiger partial charge in [-0.15, -0.1) is 0 Å². The van der Waals surface area contributed by atoms with Crippen LogP contribution in [0.5, 0.6) is 0 Å². The van der Waals surface area contributed by atoms with E-state index >= 15 is 0 Å². The minimum absolute atomic E-state index is 0.170. The summed E-state index contributed by atoms with van der Waals surface area (Å²) in [6.07, 6.45) is 0. The average Bonchev–Trinajstić information content (AvgIpc) is 3.07. The van der Waals surface area contributed by atoms with Crippen LogP contribution in [0.3, 0.4) is 0 Å². The molecule has 0 N–H and O–H groups in total. The first-order valence-corrected chi connectivity index (χ1v) is 14.6. The zero-order valence-electron chi connectivity index (χ0n) is 23.1. The molecule has 0 aliphatic heterocycles. The number of rotatable bonds is 4. The average molecular weight is 570 g/mol. The number of benzene rings is 7. The van der Waals surface area contributed by atoms with Crippen molar-refractivity contribution in [3.63, 3.8) is 0 Å². The number of halogens is 1. The van der Waals surface area contributed by atoms with Gasteiger partial charge in [0.2, 0.25) is 5.28 Å². The second kappa shape index (κ2) is 10.5. The van der Waals surface area contributed by atoms with Crippen molar-refractivity contribution in [1.29, 1.82) is 0 Å². The lowest BCUT2D eigenvalue weighted by atomic mass is 9.97. The van der Waals surface area contributed by atoms with E-state index in [1.54, 1.807) is 0 Å². The maximum atomic E-state index is 6.46. The van der Waals surface area contributed by atoms with Gasteiger partial charge in [0.05, 0.1) is 0 Å². The van der Waals surface area contributed by atoms with E-state index in [1.807, 2.05) is 18.2 Å². The Morgan fingerprint density at radius 2 is 0.837 bits per heavy atom. The second-order valence-corrected chi connectivity index (χ2v) is 11.0. The van der Waals surface area contributed by atoms with E-state index in [9.17, 15) is 0 Å². The monoisotopic (exact) mass is 569 g/mol. The quantitative estimate of drug-likeness (QED) is 0.198. The van der Waals surface area contributed by atoms with Crippen LogP contribution < -0.4 is 0 Å². The smallest absolute Gasteiger partial charge is 0.208 e. The molecule has 0 aliphatic rings. The molecule has 0 saturated heterocycles. The van der Waals surface area contributed by atoms with Crippen LogP contribution in [-0.2, 0) is 0 Å². The van der Waals surface area contributed by atoms with Crippen LogP contribution >= 0.6 is 11.6 Å². The lowest BCUT2D eigenvalue weighted by Gasteiger charge is -2.10. The molecular weight excluding hydrogens is 546 g/mol. The first kappa shape index (κ1) is 25.3. The molecule has 0 saturated carbocycles. The summed E-state index contributed by atoms with van der Waals surface area (Å²) in [6, 6.07) is 50.9. The Bertz CT molecular complexity index is 2310. The zero-order valence-corrected chi connectivity index (χ0v) is 23.8. The van der Waals surface area contributed by atoms with Gasteiger partial charge in [-0.25, -0.2) is 4.98 Å². The summed E-state index contributed by atoms with van der Waals surface area (Å²) in [5, 5.41) is 7.34. The molecule has 8 aromatic rings. The van der Waals surface area contributed by atoms with Gasteiger partial charge in [-0.05, 0) is 90.4 Å². The van der Waals surface area contributed by atoms with Gasteiger partial charge >= 0.3 is 0 Å². The molecule has 0 unspecified atom stereocenters. The number of fused-ring (bicyclic) bond motifs is 4. The van der Waals surface area contributed by atoms with Crippen molar-refractivity contribution in [1.82, 2.24) is 15.0 Å². The Balaban J connectivity index is 1.14. The van der Waals surface area contributed by atoms with Crippen LogP contribution in [0.15, 0.2) is 146 Å². The number of hydrogen-bond acceptors (Lipinski definition) is 3. The molecule has 0 fully saturated rings. The fraction of sp³-hybridized carbons (Fsp3) is 0. The van der Waals surface area contributed by atoms with E-state index in [0.29, 0.717) is 11.6 Å². The summed E-state index contributed by atoms with van der Waals surface area (Å²) >= 11 is 6.46. The Labute approximate surface area is 254 Å². The van der Waals surface area contributed by atoms with E-state index in [0.717, 1.165) is 27.6 Å². The minimum atomic E-state index is 0.170. The van der Waals surface area contributed by atoms with E-state index in [4.69, 9.17) is 16.6 Å². The molecule has 202 valence electrons. The summed E-state index contributed by atoms with van der Waals surface area (Å²) in [4.78, 5) is 13.8. The van der Waals surface area contributed by atoms with Crippen LogP contribution in [0.2, 0.25) is 5.28 Å². The fourth-order valence-electron chi connectivity index (χ4n) is 5.83. The third kappa shape index (κ3) is 4.80. The molecule has 0 spiro atoms. The maximum Gasteiger partial charge on any atom is 0.226 e. The summed E-state index contributed by atoms with van der Waals surface area (Å²) in [5.41, 5.74) is 6.42. The van der Waals surface area contributed by atoms with Crippen LogP contribution in [0.25, 0.3) is 77.3 Å². The Morgan fingerprint density at radius 1 is 0.326 bits per heavy atom. The molecule has 0 bridgehead atoms. The molecule has 7 aromatic carbocycles. The summed E-state index contributed by atoms with van der Waals surface area (Å²) < 4.78 is 0. The molecule has 4 heteroatoms. The van der Waals surface area contributed by atoms with Gasteiger partial charge in [0, 0.05) is 11.1 Å². The Kier molecular flexibility index (Phi) is 6.17. The van der Waals surface area contributed by atoms with E-state index in [2.05, 4.69) is 137 Å². The van der Waals surface area contributed by atoms with Crippen molar-refractivity contribution in [2.24, 2.45) is 0 Å². The highest BCUT2D eigenvalue weighted by molar-refractivity contribution is 6.28. The van der Waals surface area contributed by atoms with Crippen LogP contribution in [0.1, 0.15) is 0 Å². The third-order valence-electron chi connectivity index (χ3n) is 8.01. The highest BCUT2D eigenvalue weighted by Gasteiger charge is 2.12. The van der Waals surface area contributed by atoms with Gasteiger partial charge in [0.15, 0.2) is 11.6 Å². The molecule has 43 heavy (non-hydrogen) atoms. The molecule has 0 atom stereocenters. The Morgan fingerprint density at radius 3 is 1.63 bits per heavy atom. The van der Waals surface area contributed by atoms with E-state index in [-0.39, 0.29) is 5.28 Å². The van der Waals surface area contributed by atoms with Gasteiger partial charge in [-0.3, -0.25) is 0 Å². The second-order valence-electron chi connectivity index (χ2n) is 10.7. The van der Waals surface area contributed by atoms with Crippen LogP contribution in [-0.4, -0.2) is 15.0 Å². The lowest BCUT2D eigenvalue weighted by Crippen LogP contribution is -1.97. The van der Waals surface area contributed by atoms with Gasteiger partial charge in [-0.1, -0.05) is 121 Å². The largest absolute Gasteiger partial charge is 0.226 e. The van der Waals surface area contributed by atoms with Gasteiger partial charge in [0.1, 0.15) is 0 Å². The van der Waals surface area contributed by atoms with E-state index in [1.165, 1.54) is 38.1 Å². The highest BCUT2D eigenvalue weighted by Crippen LogP contribution is 2.32. The SMILES string of the molecule is Clc1nc(-c2cccc(-c3ccc4cc(-c5ccccc5)ccc4c3)c2)nc(-c2ccc3c(ccc4ccccc43)c2)n1. The van der Waals surface area contributed by atoms with Crippen molar-refractivity contribution in [3.8, 4) is 45.0 Å². The molecule has 8 rings (SSSR count). The minimum Gasteiger partial charge on any atom is -0.208 e. The zero-order chi connectivity index (χ0) is 28.8. The fourth-order valence-corrected chi connectivity index (χ4v) is 5.99. The normalized spacial score (nSPS) is 11.4. The lowest BCUT2D eigenvalue weighted by molar-refractivity contribution is 1.07. The molecule has 3 nitrogen and oxygen atoms in total. The topological polar surface area (TPSA) is 38.7 Å². The molecular formula is C39H24ClN3. The predicted octanol–water partition coefficient (Wildman–Crippen LogP) is 10.7. The van der Waals surface area contributed by atoms with Gasteiger partial charge in [-0.2, -0.15) is 9.97 Å². The first-order valence-electron chi connectivity index (χ1n) is 14.2. The molecule has 1 heterocycles. The Hall–Kier alpha value is -5.38. The van der Waals surface area contributed by atoms with Gasteiger partial charge < -0.3 is 0 Å². The molecule has 0 radical (unpaired) electrons. The number of hydrogen-bond donors (Lipinski definition) is 0. The summed E-state index contributed by atoms with van der Waals surface area (Å²) in [5.74, 6) is 1.10.